The molecule has 0 atom stereocenters. The fourth-order valence-corrected chi connectivity index (χ4v) is 4.10. The molecule has 1 heterocycles. The van der Waals surface area contributed by atoms with E-state index in [0.717, 1.165) is 22.7 Å². The highest BCUT2D eigenvalue weighted by Crippen LogP contribution is 2.29. The quantitative estimate of drug-likeness (QED) is 0.328. The third kappa shape index (κ3) is 5.58. The molecule has 4 aromatic rings. The van der Waals surface area contributed by atoms with Gasteiger partial charge in [0.15, 0.2) is 11.0 Å². The Morgan fingerprint density at radius 3 is 2.26 bits per heavy atom. The predicted octanol–water partition coefficient (Wildman–Crippen LogP) is 5.38. The van der Waals surface area contributed by atoms with Crippen molar-refractivity contribution in [2.75, 3.05) is 24.8 Å². The van der Waals surface area contributed by atoms with Gasteiger partial charge in [0, 0.05) is 16.9 Å². The van der Waals surface area contributed by atoms with Crippen molar-refractivity contribution in [2.45, 2.75) is 19.0 Å². The number of anilines is 1. The van der Waals surface area contributed by atoms with E-state index in [1.54, 1.807) is 7.11 Å². The number of aryl methyl sites for hydroxylation is 1. The Labute approximate surface area is 203 Å². The fraction of sp³-hybridized carbons (Fsp3) is 0.192. The summed E-state index contributed by atoms with van der Waals surface area (Å²) in [6, 6.07) is 23.1. The molecule has 0 unspecified atom stereocenters. The van der Waals surface area contributed by atoms with Crippen LogP contribution >= 0.6 is 11.8 Å². The lowest BCUT2D eigenvalue weighted by molar-refractivity contribution is -0.113. The molecule has 0 saturated heterocycles. The Hall–Kier alpha value is -3.78. The second-order valence-electron chi connectivity index (χ2n) is 7.50. The number of aromatic nitrogens is 3. The maximum atomic E-state index is 12.6. The largest absolute Gasteiger partial charge is 0.497 e. The molecule has 0 spiro atoms. The van der Waals surface area contributed by atoms with E-state index in [1.807, 2.05) is 91.2 Å². The van der Waals surface area contributed by atoms with Crippen LogP contribution in [0.3, 0.4) is 0 Å². The molecule has 0 aliphatic carbocycles. The number of rotatable bonds is 9. The molecule has 0 bridgehead atoms. The number of thioether (sulfide) groups is 1. The number of nitrogens with zero attached hydrogens (tertiary/aromatic N) is 3. The van der Waals surface area contributed by atoms with E-state index in [1.165, 1.54) is 17.3 Å². The lowest BCUT2D eigenvalue weighted by Gasteiger charge is -2.11. The van der Waals surface area contributed by atoms with Crippen LogP contribution in [-0.2, 0) is 4.79 Å². The van der Waals surface area contributed by atoms with Gasteiger partial charge in [0.2, 0.25) is 5.91 Å². The highest BCUT2D eigenvalue weighted by Gasteiger charge is 2.17. The first-order valence-electron chi connectivity index (χ1n) is 10.9. The number of carbonyl (C=O) groups is 1. The van der Waals surface area contributed by atoms with Crippen LogP contribution in [0.1, 0.15) is 12.5 Å². The van der Waals surface area contributed by atoms with Gasteiger partial charge in [-0.05, 0) is 62.4 Å². The van der Waals surface area contributed by atoms with Crippen molar-refractivity contribution in [2.24, 2.45) is 0 Å². The minimum absolute atomic E-state index is 0.129. The smallest absolute Gasteiger partial charge is 0.234 e. The number of carbonyl (C=O) groups excluding carboxylic acids is 1. The summed E-state index contributed by atoms with van der Waals surface area (Å²) in [4.78, 5) is 12.6. The molecule has 1 aromatic heterocycles. The topological polar surface area (TPSA) is 78.3 Å². The number of benzene rings is 3. The number of methoxy groups -OCH3 is 1. The molecule has 0 aliphatic heterocycles. The lowest BCUT2D eigenvalue weighted by atomic mass is 10.1. The van der Waals surface area contributed by atoms with E-state index < -0.39 is 0 Å². The van der Waals surface area contributed by atoms with Gasteiger partial charge in [0.1, 0.15) is 11.5 Å². The highest BCUT2D eigenvalue weighted by atomic mass is 32.2. The van der Waals surface area contributed by atoms with Crippen molar-refractivity contribution in [3.05, 3.63) is 78.4 Å². The van der Waals surface area contributed by atoms with E-state index in [4.69, 9.17) is 9.47 Å². The van der Waals surface area contributed by atoms with Crippen LogP contribution in [0.25, 0.3) is 17.1 Å². The molecule has 7 nitrogen and oxygen atoms in total. The van der Waals surface area contributed by atoms with Gasteiger partial charge in [-0.3, -0.25) is 9.36 Å². The normalized spacial score (nSPS) is 10.7. The Balaban J connectivity index is 1.54. The van der Waals surface area contributed by atoms with Crippen LogP contribution in [0.4, 0.5) is 5.69 Å². The molecule has 0 aliphatic rings. The average Bonchev–Trinajstić information content (AvgIpc) is 3.28. The van der Waals surface area contributed by atoms with E-state index in [2.05, 4.69) is 15.5 Å². The zero-order valence-corrected chi connectivity index (χ0v) is 20.1. The summed E-state index contributed by atoms with van der Waals surface area (Å²) in [6.45, 7) is 4.58. The molecule has 1 N–H and O–H groups in total. The van der Waals surface area contributed by atoms with E-state index in [-0.39, 0.29) is 11.7 Å². The molecule has 0 saturated carbocycles. The Kier molecular flexibility index (Phi) is 7.49. The van der Waals surface area contributed by atoms with Crippen LogP contribution in [0.15, 0.2) is 78.0 Å². The third-order valence-electron chi connectivity index (χ3n) is 5.06. The van der Waals surface area contributed by atoms with Crippen LogP contribution < -0.4 is 14.8 Å². The van der Waals surface area contributed by atoms with Gasteiger partial charge in [0.05, 0.1) is 19.5 Å². The summed E-state index contributed by atoms with van der Waals surface area (Å²) in [7, 11) is 1.63. The van der Waals surface area contributed by atoms with Gasteiger partial charge in [-0.1, -0.05) is 41.6 Å². The SMILES string of the molecule is CCOc1ccc(NC(=O)CSc2nnc(-c3ccc(C)cc3)n2-c2ccc(OC)cc2)cc1. The van der Waals surface area contributed by atoms with Crippen molar-refractivity contribution < 1.29 is 14.3 Å². The van der Waals surface area contributed by atoms with Crippen molar-refractivity contribution in [3.8, 4) is 28.6 Å². The number of hydrogen-bond acceptors (Lipinski definition) is 6. The average molecular weight is 475 g/mol. The molecule has 8 heteroatoms. The minimum atomic E-state index is -0.129. The van der Waals surface area contributed by atoms with E-state index in [9.17, 15) is 4.79 Å². The molecule has 0 fully saturated rings. The second kappa shape index (κ2) is 10.9. The molecule has 0 radical (unpaired) electrons. The molecule has 34 heavy (non-hydrogen) atoms. The minimum Gasteiger partial charge on any atom is -0.497 e. The van der Waals surface area contributed by atoms with E-state index >= 15 is 0 Å². The summed E-state index contributed by atoms with van der Waals surface area (Å²) in [6.07, 6.45) is 0. The molecule has 4 rings (SSSR count). The van der Waals surface area contributed by atoms with E-state index in [0.29, 0.717) is 23.3 Å². The Bertz CT molecular complexity index is 1240. The maximum Gasteiger partial charge on any atom is 0.234 e. The van der Waals surface area contributed by atoms with Crippen molar-refractivity contribution in [1.29, 1.82) is 0 Å². The summed E-state index contributed by atoms with van der Waals surface area (Å²) < 4.78 is 12.7. The number of ether oxygens (including phenoxy) is 2. The maximum absolute atomic E-state index is 12.6. The van der Waals surface area contributed by atoms with Gasteiger partial charge in [0.25, 0.3) is 0 Å². The number of nitrogens with one attached hydrogen (secondary N) is 1. The summed E-state index contributed by atoms with van der Waals surface area (Å²) >= 11 is 1.33. The first-order valence-corrected chi connectivity index (χ1v) is 11.9. The fourth-order valence-electron chi connectivity index (χ4n) is 3.35. The molecular formula is C26H26N4O3S. The Morgan fingerprint density at radius 2 is 1.62 bits per heavy atom. The zero-order valence-electron chi connectivity index (χ0n) is 19.3. The standard InChI is InChI=1S/C26H26N4O3S/c1-4-33-23-13-9-20(10-14-23)27-24(31)17-34-26-29-28-25(19-7-5-18(2)6-8-19)30(26)21-11-15-22(32-3)16-12-21/h5-16H,4,17H2,1-3H3,(H,27,31). The van der Waals surface area contributed by atoms with Gasteiger partial charge in [-0.2, -0.15) is 0 Å². The summed E-state index contributed by atoms with van der Waals surface area (Å²) in [5.41, 5.74) is 3.71. The zero-order chi connectivity index (χ0) is 23.9. The van der Waals surface area contributed by atoms with Crippen molar-refractivity contribution in [3.63, 3.8) is 0 Å². The van der Waals surface area contributed by atoms with Crippen LogP contribution in [0.5, 0.6) is 11.5 Å². The van der Waals surface area contributed by atoms with Crippen LogP contribution in [0, 0.1) is 6.92 Å². The molecule has 1 amide bonds. The van der Waals surface area contributed by atoms with Gasteiger partial charge >= 0.3 is 0 Å². The first kappa shape index (κ1) is 23.4. The van der Waals surface area contributed by atoms with Gasteiger partial charge in [-0.15, -0.1) is 10.2 Å². The molecule has 3 aromatic carbocycles. The molecular weight excluding hydrogens is 448 g/mol. The van der Waals surface area contributed by atoms with Crippen LogP contribution in [-0.4, -0.2) is 40.1 Å². The predicted molar refractivity (Wildman–Crippen MR) is 135 cm³/mol. The number of hydrogen-bond donors (Lipinski definition) is 1. The summed E-state index contributed by atoms with van der Waals surface area (Å²) in [5, 5.41) is 12.4. The molecule has 174 valence electrons. The van der Waals surface area contributed by atoms with Gasteiger partial charge in [-0.25, -0.2) is 0 Å². The monoisotopic (exact) mass is 474 g/mol. The van der Waals surface area contributed by atoms with Gasteiger partial charge < -0.3 is 14.8 Å². The first-order chi connectivity index (χ1) is 16.6. The summed E-state index contributed by atoms with van der Waals surface area (Å²) in [5.74, 6) is 2.30. The van der Waals surface area contributed by atoms with Crippen LogP contribution in [0.2, 0.25) is 0 Å². The third-order valence-corrected chi connectivity index (χ3v) is 5.98. The second-order valence-corrected chi connectivity index (χ2v) is 8.44. The number of amides is 1. The van der Waals surface area contributed by atoms with Crippen molar-refractivity contribution in [1.82, 2.24) is 14.8 Å². The lowest BCUT2D eigenvalue weighted by Crippen LogP contribution is -2.14. The van der Waals surface area contributed by atoms with Crippen molar-refractivity contribution >= 4 is 23.4 Å². The highest BCUT2D eigenvalue weighted by molar-refractivity contribution is 7.99. The Morgan fingerprint density at radius 1 is 0.941 bits per heavy atom.